The van der Waals surface area contributed by atoms with Crippen LogP contribution in [0.2, 0.25) is 5.02 Å². The molecule has 11 nitrogen and oxygen atoms in total. The maximum Gasteiger partial charge on any atom is 0.247 e. The van der Waals surface area contributed by atoms with Crippen molar-refractivity contribution in [2.75, 3.05) is 80.6 Å². The van der Waals surface area contributed by atoms with Gasteiger partial charge in [-0.05, 0) is 49.7 Å². The molecule has 6 rings (SSSR count). The van der Waals surface area contributed by atoms with Gasteiger partial charge in [-0.2, -0.15) is 0 Å². The molecule has 46 heavy (non-hydrogen) atoms. The first-order valence-electron chi connectivity index (χ1n) is 15.6. The lowest BCUT2D eigenvalue weighted by Gasteiger charge is -2.43. The molecule has 3 aliphatic heterocycles. The monoisotopic (exact) mass is 650 g/mol. The number of piperidine rings is 1. The molecule has 0 unspecified atom stereocenters. The van der Waals surface area contributed by atoms with Crippen LogP contribution in [0.3, 0.4) is 0 Å². The molecule has 0 bridgehead atoms. The van der Waals surface area contributed by atoms with Crippen LogP contribution in [0.25, 0.3) is 0 Å². The van der Waals surface area contributed by atoms with Crippen LogP contribution in [0.1, 0.15) is 30.9 Å². The summed E-state index contributed by atoms with van der Waals surface area (Å²) >= 11 is 6.07. The lowest BCUT2D eigenvalue weighted by molar-refractivity contribution is -0.111. The molecule has 0 radical (unpaired) electrons. The lowest BCUT2D eigenvalue weighted by Crippen LogP contribution is -2.52. The number of hydrogen-bond acceptors (Lipinski definition) is 10. The number of hydrogen-bond donors (Lipinski definition) is 2. The van der Waals surface area contributed by atoms with Crippen molar-refractivity contribution in [1.82, 2.24) is 19.8 Å². The summed E-state index contributed by atoms with van der Waals surface area (Å²) in [7, 11) is 3.80. The minimum absolute atomic E-state index is 0.0590. The molecule has 3 aliphatic rings. The van der Waals surface area contributed by atoms with E-state index in [0.29, 0.717) is 47.8 Å². The molecular weight excluding hydrogens is 611 g/mol. The molecule has 3 fully saturated rings. The predicted molar refractivity (Wildman–Crippen MR) is 179 cm³/mol. The fraction of sp³-hybridized carbons (Fsp3) is 0.424. The van der Waals surface area contributed by atoms with Gasteiger partial charge in [-0.25, -0.2) is 19.4 Å². The normalized spacial score (nSPS) is 19.7. The number of piperazine rings is 1. The summed E-state index contributed by atoms with van der Waals surface area (Å²) in [6.45, 7) is 10.3. The first kappa shape index (κ1) is 32.0. The summed E-state index contributed by atoms with van der Waals surface area (Å²) in [5.41, 5.74) is 2.98. The van der Waals surface area contributed by atoms with E-state index in [0.717, 1.165) is 63.4 Å². The van der Waals surface area contributed by atoms with Crippen molar-refractivity contribution in [3.8, 4) is 5.75 Å². The van der Waals surface area contributed by atoms with Crippen LogP contribution in [0, 0.1) is 5.82 Å². The van der Waals surface area contributed by atoms with Gasteiger partial charge in [-0.3, -0.25) is 14.5 Å². The maximum atomic E-state index is 13.8. The molecular formula is C33H40ClFN8O3. The molecule has 13 heteroatoms. The topological polar surface area (TPSA) is 98.3 Å². The molecule has 2 aromatic carbocycles. The van der Waals surface area contributed by atoms with E-state index in [-0.39, 0.29) is 17.0 Å². The van der Waals surface area contributed by atoms with Crippen molar-refractivity contribution in [1.29, 1.82) is 0 Å². The van der Waals surface area contributed by atoms with Gasteiger partial charge in [0, 0.05) is 63.9 Å². The van der Waals surface area contributed by atoms with Gasteiger partial charge < -0.3 is 25.2 Å². The van der Waals surface area contributed by atoms with E-state index >= 15 is 0 Å². The van der Waals surface area contributed by atoms with Crippen molar-refractivity contribution in [2.45, 2.75) is 31.3 Å². The summed E-state index contributed by atoms with van der Waals surface area (Å²) in [6.07, 6.45) is 5.49. The van der Waals surface area contributed by atoms with E-state index in [1.807, 2.05) is 12.1 Å². The van der Waals surface area contributed by atoms with Crippen LogP contribution in [0.15, 0.2) is 55.4 Å². The van der Waals surface area contributed by atoms with Gasteiger partial charge >= 0.3 is 0 Å². The zero-order chi connectivity index (χ0) is 32.2. The number of amides is 1. The summed E-state index contributed by atoms with van der Waals surface area (Å²) in [5, 5.41) is 8.08. The van der Waals surface area contributed by atoms with Gasteiger partial charge in [0.15, 0.2) is 5.82 Å². The number of rotatable bonds is 9. The number of carbonyl (C=O) groups excluding carboxylic acids is 1. The molecule has 1 aromatic heterocycles. The van der Waals surface area contributed by atoms with Gasteiger partial charge in [-0.15, -0.1) is 0 Å². The number of aromatic nitrogens is 2. The third kappa shape index (κ3) is 7.05. The Balaban J connectivity index is 1.22. The summed E-state index contributed by atoms with van der Waals surface area (Å²) in [5.74, 6) is 0.857. The van der Waals surface area contributed by atoms with Crippen molar-refractivity contribution in [2.24, 2.45) is 0 Å². The average molecular weight is 651 g/mol. The second-order valence-electron chi connectivity index (χ2n) is 11.8. The minimum Gasteiger partial charge on any atom is -0.494 e. The number of likely N-dealkylation sites (N-methyl/N-ethyl adjacent to an activating group) is 1. The van der Waals surface area contributed by atoms with Crippen molar-refractivity contribution in [3.63, 3.8) is 0 Å². The number of carbonyl (C=O) groups is 1. The number of benzene rings is 2. The molecule has 0 spiro atoms. The van der Waals surface area contributed by atoms with Crippen molar-refractivity contribution < 1.29 is 18.8 Å². The molecule has 1 atom stereocenters. The fourth-order valence-corrected chi connectivity index (χ4v) is 6.62. The van der Waals surface area contributed by atoms with Crippen LogP contribution < -0.4 is 25.3 Å². The van der Waals surface area contributed by atoms with Gasteiger partial charge in [0.2, 0.25) is 5.91 Å². The number of hydroxylamine groups is 1. The number of nitrogens with zero attached hydrogens (tertiary/aromatic N) is 6. The summed E-state index contributed by atoms with van der Waals surface area (Å²) in [6, 6.07) is 10.6. The number of ether oxygens (including phenoxy) is 1. The van der Waals surface area contributed by atoms with E-state index in [9.17, 15) is 9.18 Å². The average Bonchev–Trinajstić information content (AvgIpc) is 3.57. The standard InChI is InChI=1S/C33H40ClFN8O3/c1-4-33(44)39-26-18-27(30(45-3)19-29(26)42-10-7-23(8-11-42)41-14-12-40(2)13-15-41)38-31-20-32(37-21-36-31)43-28(9-16-46-43)22-5-6-25(35)24(34)17-22/h4-6,17-21,23,28H,1,7-16H2,2-3H3,(H,39,44)(H,36,37,38)/t28-/m1/s1. The second-order valence-corrected chi connectivity index (χ2v) is 12.3. The highest BCUT2D eigenvalue weighted by atomic mass is 35.5. The lowest BCUT2D eigenvalue weighted by atomic mass is 10.0. The Morgan fingerprint density at radius 3 is 2.57 bits per heavy atom. The van der Waals surface area contributed by atoms with Crippen LogP contribution >= 0.6 is 11.6 Å². The second kappa shape index (κ2) is 14.2. The van der Waals surface area contributed by atoms with Crippen LogP contribution in [0.4, 0.5) is 33.1 Å². The molecule has 4 heterocycles. The smallest absolute Gasteiger partial charge is 0.247 e. The van der Waals surface area contributed by atoms with E-state index in [2.05, 4.69) is 48.9 Å². The van der Waals surface area contributed by atoms with Gasteiger partial charge in [0.05, 0.1) is 41.8 Å². The molecule has 244 valence electrons. The predicted octanol–water partition coefficient (Wildman–Crippen LogP) is 5.25. The first-order chi connectivity index (χ1) is 22.3. The minimum atomic E-state index is -0.469. The summed E-state index contributed by atoms with van der Waals surface area (Å²) < 4.78 is 19.7. The molecule has 0 saturated carbocycles. The first-order valence-corrected chi connectivity index (χ1v) is 16.0. The number of anilines is 5. The summed E-state index contributed by atoms with van der Waals surface area (Å²) in [4.78, 5) is 34.6. The van der Waals surface area contributed by atoms with Gasteiger partial charge in [0.25, 0.3) is 0 Å². The quantitative estimate of drug-likeness (QED) is 0.299. The third-order valence-electron chi connectivity index (χ3n) is 8.99. The van der Waals surface area contributed by atoms with Crippen molar-refractivity contribution in [3.05, 3.63) is 71.8 Å². The van der Waals surface area contributed by atoms with Gasteiger partial charge in [-0.1, -0.05) is 24.2 Å². The number of methoxy groups -OCH3 is 1. The Labute approximate surface area is 273 Å². The number of nitrogens with one attached hydrogen (secondary N) is 2. The molecule has 0 aliphatic carbocycles. The zero-order valence-electron chi connectivity index (χ0n) is 26.2. The molecule has 1 amide bonds. The highest BCUT2D eigenvalue weighted by Gasteiger charge is 2.31. The molecule has 3 saturated heterocycles. The Morgan fingerprint density at radius 2 is 1.85 bits per heavy atom. The molecule has 3 aromatic rings. The van der Waals surface area contributed by atoms with E-state index in [1.165, 1.54) is 18.5 Å². The Morgan fingerprint density at radius 1 is 1.07 bits per heavy atom. The number of halogens is 2. The van der Waals surface area contributed by atoms with E-state index in [4.69, 9.17) is 21.2 Å². The highest BCUT2D eigenvalue weighted by molar-refractivity contribution is 6.30. The fourth-order valence-electron chi connectivity index (χ4n) is 6.43. The van der Waals surface area contributed by atoms with Gasteiger partial charge in [0.1, 0.15) is 23.7 Å². The van der Waals surface area contributed by atoms with Crippen LogP contribution in [-0.2, 0) is 9.63 Å². The highest BCUT2D eigenvalue weighted by Crippen LogP contribution is 2.41. The van der Waals surface area contributed by atoms with E-state index in [1.54, 1.807) is 30.4 Å². The third-order valence-corrected chi connectivity index (χ3v) is 9.28. The van der Waals surface area contributed by atoms with Crippen LogP contribution in [0.5, 0.6) is 5.75 Å². The zero-order valence-corrected chi connectivity index (χ0v) is 27.0. The molecule has 2 N–H and O–H groups in total. The largest absolute Gasteiger partial charge is 0.494 e. The van der Waals surface area contributed by atoms with Crippen molar-refractivity contribution >= 4 is 46.2 Å². The van der Waals surface area contributed by atoms with Crippen LogP contribution in [-0.4, -0.2) is 91.7 Å². The maximum absolute atomic E-state index is 13.8. The Hall–Kier alpha value is -3.97. The Bertz CT molecular complexity index is 1560. The van der Waals surface area contributed by atoms with E-state index < -0.39 is 5.82 Å². The Kier molecular flexibility index (Phi) is 9.88. The SMILES string of the molecule is C=CC(=O)Nc1cc(Nc2cc(N3OCC[C@@H]3c3ccc(F)c(Cl)c3)ncn2)c(OC)cc1N1CCC(N2CCN(C)CC2)CC1.